The van der Waals surface area contributed by atoms with Crippen LogP contribution < -0.4 is 4.74 Å². The number of rotatable bonds is 4. The first kappa shape index (κ1) is 16.3. The van der Waals surface area contributed by atoms with Crippen LogP contribution in [-0.2, 0) is 4.74 Å². The van der Waals surface area contributed by atoms with E-state index in [0.29, 0.717) is 27.6 Å². The molecular weight excluding hydrogens is 328 g/mol. The summed E-state index contributed by atoms with van der Waals surface area (Å²) < 4.78 is 12.5. The van der Waals surface area contributed by atoms with Crippen molar-refractivity contribution in [2.24, 2.45) is 0 Å². The Morgan fingerprint density at radius 1 is 1.21 bits per heavy atom. The van der Waals surface area contributed by atoms with Crippen LogP contribution in [0.4, 0.5) is 4.79 Å². The molecule has 1 atom stereocenters. The van der Waals surface area contributed by atoms with E-state index < -0.39 is 12.2 Å². The molecule has 3 aromatic rings. The maximum absolute atomic E-state index is 12.4. The Morgan fingerprint density at radius 3 is 2.62 bits per heavy atom. The number of carbonyl (C=O) groups is 1. The van der Waals surface area contributed by atoms with Crippen LogP contribution in [0.3, 0.4) is 0 Å². The molecule has 0 fully saturated rings. The number of benzene rings is 2. The van der Waals surface area contributed by atoms with Crippen molar-refractivity contribution >= 4 is 28.7 Å². The van der Waals surface area contributed by atoms with Gasteiger partial charge >= 0.3 is 6.09 Å². The molecule has 0 bridgehead atoms. The Labute approximate surface area is 144 Å². The molecule has 1 heterocycles. The molecule has 5 nitrogen and oxygen atoms in total. The van der Waals surface area contributed by atoms with Gasteiger partial charge in [-0.3, -0.25) is 0 Å². The van der Waals surface area contributed by atoms with E-state index in [1.54, 1.807) is 31.2 Å². The first-order valence-electron chi connectivity index (χ1n) is 7.67. The van der Waals surface area contributed by atoms with Gasteiger partial charge in [0.1, 0.15) is 5.75 Å². The fourth-order valence-electron chi connectivity index (χ4n) is 2.47. The van der Waals surface area contributed by atoms with Crippen LogP contribution in [0.25, 0.3) is 11.0 Å². The molecule has 0 spiro atoms. The first-order valence-corrected chi connectivity index (χ1v) is 8.04. The Morgan fingerprint density at radius 2 is 1.92 bits per heavy atom. The molecule has 24 heavy (non-hydrogen) atoms. The highest BCUT2D eigenvalue weighted by molar-refractivity contribution is 6.30. The van der Waals surface area contributed by atoms with Gasteiger partial charge < -0.3 is 9.47 Å². The third-order valence-corrected chi connectivity index (χ3v) is 3.78. The van der Waals surface area contributed by atoms with E-state index in [0.717, 1.165) is 0 Å². The quantitative estimate of drug-likeness (QED) is 0.680. The van der Waals surface area contributed by atoms with E-state index in [9.17, 15) is 4.79 Å². The fourth-order valence-corrected chi connectivity index (χ4v) is 2.59. The van der Waals surface area contributed by atoms with E-state index >= 15 is 0 Å². The van der Waals surface area contributed by atoms with E-state index in [4.69, 9.17) is 21.1 Å². The van der Waals surface area contributed by atoms with E-state index in [1.165, 1.54) is 4.57 Å². The molecule has 0 amide bonds. The lowest BCUT2D eigenvalue weighted by atomic mass is 10.3. The normalized spacial score (nSPS) is 12.1. The van der Waals surface area contributed by atoms with Crippen LogP contribution in [-0.4, -0.2) is 22.3 Å². The van der Waals surface area contributed by atoms with Gasteiger partial charge in [0.2, 0.25) is 0 Å². The summed E-state index contributed by atoms with van der Waals surface area (Å²) in [5.74, 6) is 1.14. The molecule has 0 saturated carbocycles. The predicted molar refractivity (Wildman–Crippen MR) is 92.6 cm³/mol. The van der Waals surface area contributed by atoms with Gasteiger partial charge in [0.25, 0.3) is 0 Å². The maximum Gasteiger partial charge on any atom is 0.420 e. The van der Waals surface area contributed by atoms with Gasteiger partial charge in [0.15, 0.2) is 11.9 Å². The molecule has 1 aromatic heterocycles. The van der Waals surface area contributed by atoms with Crippen molar-refractivity contribution in [2.45, 2.75) is 20.0 Å². The van der Waals surface area contributed by atoms with Gasteiger partial charge in [0, 0.05) is 5.02 Å². The number of aromatic nitrogens is 2. The van der Waals surface area contributed by atoms with Crippen LogP contribution in [0.5, 0.6) is 5.75 Å². The number of halogens is 1. The minimum Gasteiger partial charge on any atom is -0.483 e. The lowest BCUT2D eigenvalue weighted by Crippen LogP contribution is -2.19. The summed E-state index contributed by atoms with van der Waals surface area (Å²) in [6.45, 7) is 3.90. The second-order valence-corrected chi connectivity index (χ2v) is 5.64. The summed E-state index contributed by atoms with van der Waals surface area (Å²) in [5, 5.41) is 0.633. The molecule has 0 N–H and O–H groups in total. The zero-order chi connectivity index (χ0) is 17.1. The van der Waals surface area contributed by atoms with Gasteiger partial charge in [0.05, 0.1) is 17.6 Å². The molecule has 0 aliphatic rings. The van der Waals surface area contributed by atoms with E-state index in [2.05, 4.69) is 4.98 Å². The van der Waals surface area contributed by atoms with Gasteiger partial charge in [-0.1, -0.05) is 23.7 Å². The van der Waals surface area contributed by atoms with E-state index in [1.807, 2.05) is 31.2 Å². The number of fused-ring (bicyclic) bond motifs is 1. The largest absolute Gasteiger partial charge is 0.483 e. The van der Waals surface area contributed by atoms with Gasteiger partial charge in [-0.05, 0) is 50.2 Å². The summed E-state index contributed by atoms with van der Waals surface area (Å²) in [6.07, 6.45) is -0.907. The van der Waals surface area contributed by atoms with Crippen LogP contribution in [0.15, 0.2) is 48.5 Å². The first-order chi connectivity index (χ1) is 11.6. The highest BCUT2D eigenvalue weighted by Gasteiger charge is 2.23. The maximum atomic E-state index is 12.4. The Bertz CT molecular complexity index is 858. The minimum absolute atomic E-state index is 0.289. The van der Waals surface area contributed by atoms with Crippen LogP contribution in [0, 0.1) is 0 Å². The van der Waals surface area contributed by atoms with Crippen molar-refractivity contribution in [1.29, 1.82) is 0 Å². The molecule has 0 radical (unpaired) electrons. The average molecular weight is 345 g/mol. The van der Waals surface area contributed by atoms with Crippen molar-refractivity contribution in [3.05, 3.63) is 59.4 Å². The molecule has 2 aromatic carbocycles. The van der Waals surface area contributed by atoms with Gasteiger partial charge in [-0.15, -0.1) is 0 Å². The minimum atomic E-state index is -0.465. The second-order valence-electron chi connectivity index (χ2n) is 5.21. The Balaban J connectivity index is 1.99. The zero-order valence-electron chi connectivity index (χ0n) is 13.4. The topological polar surface area (TPSA) is 53.4 Å². The van der Waals surface area contributed by atoms with Gasteiger partial charge in [-0.25, -0.2) is 14.3 Å². The number of hydrogen-bond donors (Lipinski definition) is 0. The second kappa shape index (κ2) is 6.93. The molecule has 3 rings (SSSR count). The predicted octanol–water partition coefficient (Wildman–Crippen LogP) is 4.83. The van der Waals surface area contributed by atoms with Gasteiger partial charge in [-0.2, -0.15) is 0 Å². The monoisotopic (exact) mass is 344 g/mol. The Kier molecular flexibility index (Phi) is 4.71. The molecule has 6 heteroatoms. The summed E-state index contributed by atoms with van der Waals surface area (Å²) >= 11 is 5.89. The number of hydrogen-bond acceptors (Lipinski definition) is 4. The molecule has 0 aliphatic carbocycles. The van der Waals surface area contributed by atoms with Crippen molar-refractivity contribution in [3.8, 4) is 5.75 Å². The molecule has 0 unspecified atom stereocenters. The lowest BCUT2D eigenvalue weighted by molar-refractivity contribution is 0.149. The zero-order valence-corrected chi connectivity index (χ0v) is 14.2. The SMILES string of the molecule is CCOC(=O)n1c([C@H](C)Oc2ccc(Cl)cc2)nc2ccccc21. The molecule has 0 saturated heterocycles. The van der Waals surface area contributed by atoms with Crippen molar-refractivity contribution in [2.75, 3.05) is 6.61 Å². The number of para-hydroxylation sites is 2. The molecule has 124 valence electrons. The number of imidazole rings is 1. The average Bonchev–Trinajstić information content (AvgIpc) is 2.97. The van der Waals surface area contributed by atoms with Crippen molar-refractivity contribution in [1.82, 2.24) is 9.55 Å². The summed E-state index contributed by atoms with van der Waals surface area (Å²) in [6, 6.07) is 14.5. The summed E-state index contributed by atoms with van der Waals surface area (Å²) in [7, 11) is 0. The highest BCUT2D eigenvalue weighted by Crippen LogP contribution is 2.26. The third kappa shape index (κ3) is 3.21. The third-order valence-electron chi connectivity index (χ3n) is 3.53. The smallest absolute Gasteiger partial charge is 0.420 e. The molecule has 0 aliphatic heterocycles. The van der Waals surface area contributed by atoms with E-state index in [-0.39, 0.29) is 6.61 Å². The van der Waals surface area contributed by atoms with Crippen LogP contribution >= 0.6 is 11.6 Å². The fraction of sp³-hybridized carbons (Fsp3) is 0.222. The van der Waals surface area contributed by atoms with Crippen molar-refractivity contribution in [3.63, 3.8) is 0 Å². The lowest BCUT2D eigenvalue weighted by Gasteiger charge is -2.15. The van der Waals surface area contributed by atoms with Crippen molar-refractivity contribution < 1.29 is 14.3 Å². The number of ether oxygens (including phenoxy) is 2. The standard InChI is InChI=1S/C18H17ClN2O3/c1-3-23-18(22)21-16-7-5-4-6-15(16)20-17(21)12(2)24-14-10-8-13(19)9-11-14/h4-12H,3H2,1-2H3/t12-/m0/s1. The highest BCUT2D eigenvalue weighted by atomic mass is 35.5. The summed E-state index contributed by atoms with van der Waals surface area (Å²) in [5.41, 5.74) is 1.41. The number of nitrogens with zero attached hydrogens (tertiary/aromatic N) is 2. The Hall–Kier alpha value is -2.53. The molecular formula is C18H17ClN2O3. The van der Waals surface area contributed by atoms with Crippen LogP contribution in [0.2, 0.25) is 5.02 Å². The van der Waals surface area contributed by atoms with Crippen LogP contribution in [0.1, 0.15) is 25.8 Å². The number of carbonyl (C=O) groups excluding carboxylic acids is 1. The summed E-state index contributed by atoms with van der Waals surface area (Å²) in [4.78, 5) is 16.9.